The van der Waals surface area contributed by atoms with E-state index >= 15 is 0 Å². The summed E-state index contributed by atoms with van der Waals surface area (Å²) in [5.41, 5.74) is 0.622. The first kappa shape index (κ1) is 11.3. The minimum atomic E-state index is -0.282. The summed E-state index contributed by atoms with van der Waals surface area (Å²) in [4.78, 5) is 2.02. The van der Waals surface area contributed by atoms with Crippen LogP contribution in [0.4, 0.5) is 5.82 Å². The number of rotatable bonds is 2. The molecule has 1 aliphatic rings. The molecule has 1 aliphatic carbocycles. The summed E-state index contributed by atoms with van der Waals surface area (Å²) in [7, 11) is 1.96. The number of fused-ring (bicyclic) bond motifs is 1. The lowest BCUT2D eigenvalue weighted by Crippen LogP contribution is -2.44. The van der Waals surface area contributed by atoms with Crippen LogP contribution in [0.5, 0.6) is 0 Å². The first-order valence-corrected chi connectivity index (χ1v) is 6.22. The normalized spacial score (nSPS) is 24.3. The summed E-state index contributed by atoms with van der Waals surface area (Å²) in [6, 6.07) is 3.83. The van der Waals surface area contributed by atoms with Gasteiger partial charge in [-0.1, -0.05) is 12.8 Å². The third-order valence-electron chi connectivity index (χ3n) is 3.61. The Hall–Kier alpha value is -1.76. The molecule has 1 saturated carbocycles. The smallest absolute Gasteiger partial charge is 0.200 e. The van der Waals surface area contributed by atoms with Gasteiger partial charge in [0.25, 0.3) is 0 Å². The number of aliphatic hydroxyl groups is 1. The molecule has 7 nitrogen and oxygen atoms in total. The van der Waals surface area contributed by atoms with Crippen LogP contribution >= 0.6 is 0 Å². The van der Waals surface area contributed by atoms with E-state index in [1.54, 1.807) is 0 Å². The Bertz CT molecular complexity index is 541. The number of anilines is 1. The molecular weight excluding hydrogens is 232 g/mol. The Morgan fingerprint density at radius 1 is 1.33 bits per heavy atom. The number of tetrazole rings is 1. The van der Waals surface area contributed by atoms with E-state index in [2.05, 4.69) is 20.6 Å². The van der Waals surface area contributed by atoms with Crippen LogP contribution in [0.15, 0.2) is 12.1 Å². The standard InChI is InChI=1S/C11H16N6O/c1-16(8-4-2-3-5-9(8)18)11-7-6-10-12-14-15-17(10)13-11/h6-9,18H,2-5H2,1H3. The van der Waals surface area contributed by atoms with E-state index in [4.69, 9.17) is 0 Å². The molecule has 0 saturated heterocycles. The fourth-order valence-corrected chi connectivity index (χ4v) is 2.54. The van der Waals surface area contributed by atoms with Crippen molar-refractivity contribution in [1.82, 2.24) is 25.3 Å². The molecule has 0 radical (unpaired) electrons. The van der Waals surface area contributed by atoms with Crippen molar-refractivity contribution in [3.8, 4) is 0 Å². The van der Waals surface area contributed by atoms with Crippen molar-refractivity contribution in [3.63, 3.8) is 0 Å². The van der Waals surface area contributed by atoms with E-state index in [0.717, 1.165) is 31.5 Å². The lowest BCUT2D eigenvalue weighted by molar-refractivity contribution is 0.106. The van der Waals surface area contributed by atoms with E-state index in [0.29, 0.717) is 5.65 Å². The molecule has 0 aliphatic heterocycles. The molecule has 2 heterocycles. The van der Waals surface area contributed by atoms with Crippen LogP contribution in [0.2, 0.25) is 0 Å². The van der Waals surface area contributed by atoms with Crippen LogP contribution in [0, 0.1) is 0 Å². The summed E-state index contributed by atoms with van der Waals surface area (Å²) in [6.07, 6.45) is 3.83. The van der Waals surface area contributed by atoms with Gasteiger partial charge in [0, 0.05) is 7.05 Å². The minimum Gasteiger partial charge on any atom is -0.391 e. The predicted molar refractivity (Wildman–Crippen MR) is 65.2 cm³/mol. The molecule has 18 heavy (non-hydrogen) atoms. The molecular formula is C11H16N6O. The monoisotopic (exact) mass is 248 g/mol. The van der Waals surface area contributed by atoms with Gasteiger partial charge >= 0.3 is 0 Å². The Morgan fingerprint density at radius 3 is 3.00 bits per heavy atom. The number of aromatic nitrogens is 5. The van der Waals surface area contributed by atoms with Crippen molar-refractivity contribution in [2.45, 2.75) is 37.8 Å². The highest BCUT2D eigenvalue weighted by Gasteiger charge is 2.27. The Balaban J connectivity index is 1.87. The number of hydrogen-bond donors (Lipinski definition) is 1. The number of nitrogens with zero attached hydrogens (tertiary/aromatic N) is 6. The summed E-state index contributed by atoms with van der Waals surface area (Å²) in [5, 5.41) is 25.6. The number of hydrogen-bond acceptors (Lipinski definition) is 6. The van der Waals surface area contributed by atoms with E-state index in [-0.39, 0.29) is 12.1 Å². The zero-order chi connectivity index (χ0) is 12.5. The molecule has 2 atom stereocenters. The molecule has 1 N–H and O–H groups in total. The minimum absolute atomic E-state index is 0.125. The third-order valence-corrected chi connectivity index (χ3v) is 3.61. The second kappa shape index (κ2) is 4.49. The van der Waals surface area contributed by atoms with Crippen LogP contribution in [-0.4, -0.2) is 49.6 Å². The van der Waals surface area contributed by atoms with Gasteiger partial charge in [-0.15, -0.1) is 14.8 Å². The van der Waals surface area contributed by atoms with Gasteiger partial charge in [-0.25, -0.2) is 0 Å². The van der Waals surface area contributed by atoms with E-state index < -0.39 is 0 Å². The Kier molecular flexibility index (Phi) is 2.83. The topological polar surface area (TPSA) is 79.4 Å². The molecule has 2 unspecified atom stereocenters. The Labute approximate surface area is 104 Å². The van der Waals surface area contributed by atoms with Gasteiger partial charge in [0.1, 0.15) is 0 Å². The predicted octanol–water partition coefficient (Wildman–Crippen LogP) is 0.259. The van der Waals surface area contributed by atoms with Crippen molar-refractivity contribution < 1.29 is 5.11 Å². The van der Waals surface area contributed by atoms with E-state index in [1.165, 1.54) is 4.63 Å². The molecule has 0 aromatic carbocycles. The molecule has 7 heteroatoms. The first-order valence-electron chi connectivity index (χ1n) is 6.22. The van der Waals surface area contributed by atoms with Gasteiger partial charge in [0.05, 0.1) is 12.1 Å². The average molecular weight is 248 g/mol. The fourth-order valence-electron chi connectivity index (χ4n) is 2.54. The summed E-state index contributed by atoms with van der Waals surface area (Å²) in [6.45, 7) is 0. The van der Waals surface area contributed by atoms with Crippen LogP contribution in [0.1, 0.15) is 25.7 Å². The highest BCUT2D eigenvalue weighted by molar-refractivity contribution is 5.44. The maximum Gasteiger partial charge on any atom is 0.200 e. The molecule has 0 amide bonds. The van der Waals surface area contributed by atoms with Crippen LogP contribution in [0.3, 0.4) is 0 Å². The zero-order valence-corrected chi connectivity index (χ0v) is 10.3. The summed E-state index contributed by atoms with van der Waals surface area (Å²) in [5.74, 6) is 0.778. The zero-order valence-electron chi connectivity index (χ0n) is 10.3. The lowest BCUT2D eigenvalue weighted by atomic mass is 9.91. The molecule has 3 rings (SSSR count). The number of aliphatic hydroxyl groups excluding tert-OH is 1. The van der Waals surface area contributed by atoms with Crippen molar-refractivity contribution in [2.75, 3.05) is 11.9 Å². The molecule has 0 bridgehead atoms. The van der Waals surface area contributed by atoms with Crippen LogP contribution < -0.4 is 4.90 Å². The molecule has 0 spiro atoms. The van der Waals surface area contributed by atoms with Gasteiger partial charge in [-0.2, -0.15) is 0 Å². The van der Waals surface area contributed by atoms with Gasteiger partial charge in [0.15, 0.2) is 11.5 Å². The summed E-state index contributed by atoms with van der Waals surface area (Å²) < 4.78 is 1.40. The molecule has 2 aromatic rings. The van der Waals surface area contributed by atoms with Crippen molar-refractivity contribution >= 4 is 11.5 Å². The van der Waals surface area contributed by atoms with E-state index in [9.17, 15) is 5.11 Å². The average Bonchev–Trinajstić information content (AvgIpc) is 2.85. The Morgan fingerprint density at radius 2 is 2.17 bits per heavy atom. The second-order valence-electron chi connectivity index (χ2n) is 4.75. The van der Waals surface area contributed by atoms with Gasteiger partial charge in [-0.05, 0) is 35.4 Å². The largest absolute Gasteiger partial charge is 0.391 e. The molecule has 2 aromatic heterocycles. The molecule has 96 valence electrons. The van der Waals surface area contributed by atoms with Crippen molar-refractivity contribution in [2.24, 2.45) is 0 Å². The third kappa shape index (κ3) is 1.90. The quantitative estimate of drug-likeness (QED) is 0.821. The fraction of sp³-hybridized carbons (Fsp3) is 0.636. The van der Waals surface area contributed by atoms with Gasteiger partial charge < -0.3 is 10.0 Å². The van der Waals surface area contributed by atoms with E-state index in [1.807, 2.05) is 24.1 Å². The van der Waals surface area contributed by atoms with Crippen molar-refractivity contribution in [1.29, 1.82) is 0 Å². The van der Waals surface area contributed by atoms with Gasteiger partial charge in [0.2, 0.25) is 0 Å². The van der Waals surface area contributed by atoms with Crippen LogP contribution in [0.25, 0.3) is 5.65 Å². The lowest BCUT2D eigenvalue weighted by Gasteiger charge is -2.35. The highest BCUT2D eigenvalue weighted by atomic mass is 16.3. The number of likely N-dealkylation sites (N-methyl/N-ethyl adjacent to an activating group) is 1. The van der Waals surface area contributed by atoms with Gasteiger partial charge in [-0.3, -0.25) is 0 Å². The first-order chi connectivity index (χ1) is 8.75. The maximum atomic E-state index is 10.1. The SMILES string of the molecule is CN(c1ccc2nnnn2n1)C1CCCCC1O. The highest BCUT2D eigenvalue weighted by Crippen LogP contribution is 2.25. The summed E-state index contributed by atoms with van der Waals surface area (Å²) >= 11 is 0. The van der Waals surface area contributed by atoms with Crippen LogP contribution in [-0.2, 0) is 0 Å². The molecule has 1 fully saturated rings. The van der Waals surface area contributed by atoms with Crippen molar-refractivity contribution in [3.05, 3.63) is 12.1 Å². The second-order valence-corrected chi connectivity index (χ2v) is 4.75. The maximum absolute atomic E-state index is 10.1.